The average molecular weight is 340 g/mol. The number of ether oxygens (including phenoxy) is 1. The highest BCUT2D eigenvalue weighted by atomic mass is 31.2. The summed E-state index contributed by atoms with van der Waals surface area (Å²) in [6.07, 6.45) is 5.31. The largest absolute Gasteiger partial charge is 0.524 e. The van der Waals surface area contributed by atoms with Gasteiger partial charge < -0.3 is 9.26 Å². The zero-order valence-electron chi connectivity index (χ0n) is 13.0. The Balaban J connectivity index is 1.82. The molecule has 2 aliphatic rings. The third kappa shape index (κ3) is 3.30. The summed E-state index contributed by atoms with van der Waals surface area (Å²) in [5.74, 6) is 0.0225. The van der Waals surface area contributed by atoms with Crippen LogP contribution < -0.4 is 4.52 Å². The van der Waals surface area contributed by atoms with Gasteiger partial charge >= 0.3 is 13.8 Å². The number of methoxy groups -OCH3 is 1. The number of esters is 1. The van der Waals surface area contributed by atoms with Crippen LogP contribution >= 0.6 is 7.82 Å². The Morgan fingerprint density at radius 1 is 1.26 bits per heavy atom. The fraction of sp³-hybridized carbons (Fsp3) is 0.562. The maximum atomic E-state index is 11.7. The van der Waals surface area contributed by atoms with Gasteiger partial charge in [0.05, 0.1) is 13.0 Å². The van der Waals surface area contributed by atoms with Crippen LogP contribution in [0.2, 0.25) is 0 Å². The number of rotatable bonds is 3. The lowest BCUT2D eigenvalue weighted by Gasteiger charge is -2.37. The van der Waals surface area contributed by atoms with Gasteiger partial charge in [0.25, 0.3) is 0 Å². The van der Waals surface area contributed by atoms with Crippen molar-refractivity contribution in [1.82, 2.24) is 0 Å². The summed E-state index contributed by atoms with van der Waals surface area (Å²) in [5.41, 5.74) is 2.32. The van der Waals surface area contributed by atoms with Crippen LogP contribution in [0.3, 0.4) is 0 Å². The van der Waals surface area contributed by atoms with Gasteiger partial charge in [-0.15, -0.1) is 0 Å². The van der Waals surface area contributed by atoms with E-state index in [1.165, 1.54) is 12.7 Å². The zero-order valence-corrected chi connectivity index (χ0v) is 13.9. The first-order valence-electron chi connectivity index (χ1n) is 7.79. The minimum atomic E-state index is -4.55. The van der Waals surface area contributed by atoms with Crippen LogP contribution in [0.15, 0.2) is 18.2 Å². The van der Waals surface area contributed by atoms with E-state index in [0.29, 0.717) is 0 Å². The van der Waals surface area contributed by atoms with Crippen molar-refractivity contribution in [1.29, 1.82) is 0 Å². The van der Waals surface area contributed by atoms with E-state index in [4.69, 9.17) is 19.0 Å². The first-order valence-corrected chi connectivity index (χ1v) is 9.32. The summed E-state index contributed by atoms with van der Waals surface area (Å²) in [6, 6.07) is 5.26. The van der Waals surface area contributed by atoms with Crippen molar-refractivity contribution in [3.63, 3.8) is 0 Å². The molecule has 0 atom stereocenters. The van der Waals surface area contributed by atoms with Gasteiger partial charge in [0.15, 0.2) is 0 Å². The molecule has 0 saturated heterocycles. The lowest BCUT2D eigenvalue weighted by atomic mass is 9.67. The lowest BCUT2D eigenvalue weighted by molar-refractivity contribution is -0.147. The van der Waals surface area contributed by atoms with Gasteiger partial charge in [-0.05, 0) is 67.2 Å². The van der Waals surface area contributed by atoms with Crippen molar-refractivity contribution < 1.29 is 28.4 Å². The number of aryl methyl sites for hydroxylation is 1. The summed E-state index contributed by atoms with van der Waals surface area (Å²) in [4.78, 5) is 29.7. The molecular formula is C16H21O6P. The Labute approximate surface area is 135 Å². The molecule has 23 heavy (non-hydrogen) atoms. The molecule has 0 radical (unpaired) electrons. The van der Waals surface area contributed by atoms with Crippen molar-refractivity contribution in [2.75, 3.05) is 7.11 Å². The minimum absolute atomic E-state index is 0.00583. The maximum Gasteiger partial charge on any atom is 0.524 e. The molecule has 0 aromatic heterocycles. The Kier molecular flexibility index (Phi) is 4.25. The molecule has 0 bridgehead atoms. The van der Waals surface area contributed by atoms with E-state index >= 15 is 0 Å². The number of hydrogen-bond donors (Lipinski definition) is 2. The second-order valence-corrected chi connectivity index (χ2v) is 7.64. The highest BCUT2D eigenvalue weighted by Crippen LogP contribution is 2.51. The van der Waals surface area contributed by atoms with Gasteiger partial charge in [-0.3, -0.25) is 14.6 Å². The molecule has 3 rings (SSSR count). The van der Waals surface area contributed by atoms with E-state index in [0.717, 1.165) is 44.1 Å². The fourth-order valence-corrected chi connectivity index (χ4v) is 4.45. The molecule has 1 saturated carbocycles. The Morgan fingerprint density at radius 2 is 1.96 bits per heavy atom. The number of benzene rings is 1. The van der Waals surface area contributed by atoms with Gasteiger partial charge in [0, 0.05) is 0 Å². The van der Waals surface area contributed by atoms with Gasteiger partial charge in [-0.2, -0.15) is 0 Å². The van der Waals surface area contributed by atoms with Crippen LogP contribution in [0.4, 0.5) is 0 Å². The van der Waals surface area contributed by atoms with Crippen LogP contribution in [0.25, 0.3) is 0 Å². The van der Waals surface area contributed by atoms with Crippen molar-refractivity contribution in [3.8, 4) is 5.75 Å². The molecule has 1 aromatic rings. The molecule has 1 spiro atoms. The highest BCUT2D eigenvalue weighted by molar-refractivity contribution is 7.46. The third-order valence-electron chi connectivity index (χ3n) is 5.23. The van der Waals surface area contributed by atoms with E-state index in [9.17, 15) is 9.36 Å². The minimum Gasteiger partial charge on any atom is -0.469 e. The van der Waals surface area contributed by atoms with Gasteiger partial charge in [0.2, 0.25) is 0 Å². The van der Waals surface area contributed by atoms with Crippen LogP contribution in [0, 0.1) is 5.92 Å². The molecule has 0 heterocycles. The zero-order chi connectivity index (χ0) is 16.7. The predicted octanol–water partition coefficient (Wildman–Crippen LogP) is 2.71. The number of carbonyl (C=O) groups excluding carboxylic acids is 1. The maximum absolute atomic E-state index is 11.7. The normalized spacial score (nSPS) is 26.8. The number of phosphoric acid groups is 1. The molecule has 6 nitrogen and oxygen atoms in total. The number of fused-ring (bicyclic) bond motifs is 2. The van der Waals surface area contributed by atoms with Crippen LogP contribution in [0.1, 0.15) is 43.2 Å². The summed E-state index contributed by atoms with van der Waals surface area (Å²) in [6.45, 7) is 0. The summed E-state index contributed by atoms with van der Waals surface area (Å²) in [7, 11) is -3.13. The average Bonchev–Trinajstić information content (AvgIpc) is 2.84. The van der Waals surface area contributed by atoms with E-state index in [1.54, 1.807) is 12.1 Å². The summed E-state index contributed by atoms with van der Waals surface area (Å²) in [5, 5.41) is 0. The van der Waals surface area contributed by atoms with Crippen LogP contribution in [0.5, 0.6) is 5.75 Å². The van der Waals surface area contributed by atoms with E-state index < -0.39 is 7.82 Å². The topological polar surface area (TPSA) is 93.1 Å². The number of hydrogen-bond acceptors (Lipinski definition) is 4. The van der Waals surface area contributed by atoms with Crippen LogP contribution in [-0.2, 0) is 25.9 Å². The Morgan fingerprint density at radius 3 is 2.57 bits per heavy atom. The fourth-order valence-electron chi connectivity index (χ4n) is 4.06. The van der Waals surface area contributed by atoms with Crippen molar-refractivity contribution >= 4 is 13.8 Å². The van der Waals surface area contributed by atoms with E-state index in [2.05, 4.69) is 0 Å². The lowest BCUT2D eigenvalue weighted by Crippen LogP contribution is -2.32. The smallest absolute Gasteiger partial charge is 0.469 e. The van der Waals surface area contributed by atoms with Crippen molar-refractivity contribution in [2.45, 2.75) is 43.9 Å². The molecule has 126 valence electrons. The van der Waals surface area contributed by atoms with E-state index in [-0.39, 0.29) is 23.1 Å². The molecule has 2 N–H and O–H groups in total. The molecule has 1 aromatic carbocycles. The van der Waals surface area contributed by atoms with Gasteiger partial charge in [-0.25, -0.2) is 4.57 Å². The van der Waals surface area contributed by atoms with E-state index in [1.807, 2.05) is 6.07 Å². The first kappa shape index (κ1) is 16.5. The monoisotopic (exact) mass is 340 g/mol. The first-order chi connectivity index (χ1) is 10.8. The molecule has 7 heteroatoms. The second-order valence-electron chi connectivity index (χ2n) is 6.48. The van der Waals surface area contributed by atoms with Crippen molar-refractivity contribution in [2.24, 2.45) is 5.92 Å². The third-order valence-corrected chi connectivity index (χ3v) is 5.68. The number of phosphoric ester groups is 1. The molecule has 0 aliphatic heterocycles. The molecule has 2 aliphatic carbocycles. The molecule has 0 unspecified atom stereocenters. The summed E-state index contributed by atoms with van der Waals surface area (Å²) >= 11 is 0. The Hall–Kier alpha value is -1.36. The molecular weight excluding hydrogens is 319 g/mol. The highest BCUT2D eigenvalue weighted by Gasteiger charge is 2.43. The predicted molar refractivity (Wildman–Crippen MR) is 83.1 cm³/mol. The SMILES string of the molecule is COC(=O)C1CCC2(CCc3ccc(OP(=O)(O)O)cc32)CC1. The van der Waals surface area contributed by atoms with Gasteiger partial charge in [0.1, 0.15) is 5.75 Å². The quantitative estimate of drug-likeness (QED) is 0.649. The van der Waals surface area contributed by atoms with Gasteiger partial charge in [-0.1, -0.05) is 6.07 Å². The summed E-state index contributed by atoms with van der Waals surface area (Å²) < 4.78 is 20.6. The molecule has 0 amide bonds. The number of carbonyl (C=O) groups is 1. The second kappa shape index (κ2) is 5.93. The van der Waals surface area contributed by atoms with Crippen molar-refractivity contribution in [3.05, 3.63) is 29.3 Å². The standard InChI is InChI=1S/C16H21O6P/c1-21-15(17)12-5-8-16(9-6-12)7-4-11-2-3-13(10-14(11)16)22-23(18,19)20/h2-3,10,12H,4-9H2,1H3,(H2,18,19,20). The molecule has 1 fully saturated rings. The Bertz CT molecular complexity index is 657. The van der Waals surface area contributed by atoms with Crippen LogP contribution in [-0.4, -0.2) is 22.9 Å².